The van der Waals surface area contributed by atoms with Crippen LogP contribution in [0.5, 0.6) is 0 Å². The Labute approximate surface area is 289 Å². The number of para-hydroxylation sites is 1. The molecular formula is C48H28O. The Kier molecular flexibility index (Phi) is 4.54. The summed E-state index contributed by atoms with van der Waals surface area (Å²) < 4.78 is 49.0. The van der Waals surface area contributed by atoms with Crippen LogP contribution in [-0.4, -0.2) is 0 Å². The van der Waals surface area contributed by atoms with Crippen molar-refractivity contribution in [2.24, 2.45) is 0 Å². The Balaban J connectivity index is 1.21. The van der Waals surface area contributed by atoms with Crippen molar-refractivity contribution in [3.8, 4) is 33.4 Å². The zero-order valence-corrected chi connectivity index (χ0v) is 26.2. The highest BCUT2D eigenvalue weighted by atomic mass is 16.3. The molecule has 0 aliphatic heterocycles. The molecule has 0 atom stereocenters. The molecule has 1 heteroatoms. The second-order valence-electron chi connectivity index (χ2n) is 12.8. The average molecular weight is 626 g/mol. The summed E-state index contributed by atoms with van der Waals surface area (Å²) in [6, 6.07) is 47.4. The largest absolute Gasteiger partial charge is 0.455 e. The van der Waals surface area contributed by atoms with Gasteiger partial charge in [-0.3, -0.25) is 0 Å². The van der Waals surface area contributed by atoms with Crippen LogP contribution in [0.3, 0.4) is 0 Å². The van der Waals surface area contributed by atoms with Gasteiger partial charge in [0.25, 0.3) is 0 Å². The minimum absolute atomic E-state index is 0.126. The van der Waals surface area contributed by atoms with E-state index < -0.39 is 6.04 Å². The highest BCUT2D eigenvalue weighted by molar-refractivity contribution is 6.30. The van der Waals surface area contributed by atoms with E-state index in [9.17, 15) is 0 Å². The Hall–Kier alpha value is -6.44. The second kappa shape index (κ2) is 10.0. The van der Waals surface area contributed by atoms with Crippen molar-refractivity contribution < 1.29 is 11.3 Å². The van der Waals surface area contributed by atoms with Gasteiger partial charge in [0.1, 0.15) is 11.2 Å². The van der Waals surface area contributed by atoms with E-state index in [-0.39, 0.29) is 29.7 Å². The van der Waals surface area contributed by atoms with E-state index in [4.69, 9.17) is 11.3 Å². The molecule has 0 saturated carbocycles. The van der Waals surface area contributed by atoms with E-state index in [0.717, 1.165) is 32.7 Å². The summed E-state index contributed by atoms with van der Waals surface area (Å²) in [7, 11) is 0. The summed E-state index contributed by atoms with van der Waals surface area (Å²) in [4.78, 5) is 0. The van der Waals surface area contributed by atoms with Crippen molar-refractivity contribution in [2.75, 3.05) is 0 Å². The standard InChI is InChI=1S/C48H28O/c1-2-10-29(11-3-1)34-26-27-41(47-42-16-8-9-17-44(42)49-48(34)47)37-22-18-30-21-25-40-38(23-19-31-20-24-39(37)45(30)46(31)40)43-28-32-12-4-5-13-33(32)35-14-6-7-15-36(35)43/h1-28H/i1D,2D,3D,10D,11D. The summed E-state index contributed by atoms with van der Waals surface area (Å²) >= 11 is 0. The number of rotatable bonds is 3. The first kappa shape index (κ1) is 22.2. The summed E-state index contributed by atoms with van der Waals surface area (Å²) in [5.41, 5.74) is 6.12. The Morgan fingerprint density at radius 1 is 0.367 bits per heavy atom. The molecule has 0 saturated heterocycles. The zero-order valence-electron chi connectivity index (χ0n) is 31.2. The second-order valence-corrected chi connectivity index (χ2v) is 12.8. The topological polar surface area (TPSA) is 13.1 Å². The molecule has 1 heterocycles. The van der Waals surface area contributed by atoms with E-state index in [1.807, 2.05) is 36.4 Å². The maximum absolute atomic E-state index is 8.78. The molecule has 11 rings (SSSR count). The minimum Gasteiger partial charge on any atom is -0.455 e. The summed E-state index contributed by atoms with van der Waals surface area (Å²) in [5.74, 6) is 0. The molecule has 1 aromatic heterocycles. The van der Waals surface area contributed by atoms with E-state index in [1.165, 1.54) is 54.2 Å². The van der Waals surface area contributed by atoms with Gasteiger partial charge in [-0.2, -0.15) is 0 Å². The van der Waals surface area contributed by atoms with Gasteiger partial charge in [-0.05, 0) is 99.9 Å². The highest BCUT2D eigenvalue weighted by Gasteiger charge is 2.21. The van der Waals surface area contributed by atoms with Crippen LogP contribution in [0.2, 0.25) is 0 Å². The molecule has 0 N–H and O–H groups in total. The average Bonchev–Trinajstić information content (AvgIpc) is 3.61. The molecule has 49 heavy (non-hydrogen) atoms. The van der Waals surface area contributed by atoms with Crippen LogP contribution >= 0.6 is 0 Å². The number of hydrogen-bond donors (Lipinski definition) is 0. The normalized spacial score (nSPS) is 13.5. The van der Waals surface area contributed by atoms with Crippen LogP contribution in [-0.2, 0) is 0 Å². The van der Waals surface area contributed by atoms with Crippen LogP contribution in [0.25, 0.3) is 109 Å². The zero-order chi connectivity index (χ0) is 36.4. The highest BCUT2D eigenvalue weighted by Crippen LogP contribution is 2.47. The number of benzene rings is 10. The lowest BCUT2D eigenvalue weighted by atomic mass is 9.85. The van der Waals surface area contributed by atoms with Gasteiger partial charge >= 0.3 is 0 Å². The fourth-order valence-electron chi connectivity index (χ4n) is 8.18. The third-order valence-electron chi connectivity index (χ3n) is 10.3. The van der Waals surface area contributed by atoms with Gasteiger partial charge in [-0.25, -0.2) is 0 Å². The minimum atomic E-state index is -0.420. The molecule has 1 nitrogen and oxygen atoms in total. The van der Waals surface area contributed by atoms with E-state index in [1.54, 1.807) is 0 Å². The first-order valence-corrected chi connectivity index (χ1v) is 16.5. The lowest BCUT2D eigenvalue weighted by molar-refractivity contribution is 0.670. The first-order valence-electron chi connectivity index (χ1n) is 19.0. The summed E-state index contributed by atoms with van der Waals surface area (Å²) in [6.45, 7) is 0. The smallest absolute Gasteiger partial charge is 0.143 e. The predicted molar refractivity (Wildman–Crippen MR) is 209 cm³/mol. The summed E-state index contributed by atoms with van der Waals surface area (Å²) in [6.07, 6.45) is 0. The molecular weight excluding hydrogens is 593 g/mol. The predicted octanol–water partition coefficient (Wildman–Crippen LogP) is 13.8. The van der Waals surface area contributed by atoms with Gasteiger partial charge in [0.05, 0.1) is 6.85 Å². The van der Waals surface area contributed by atoms with Gasteiger partial charge < -0.3 is 4.42 Å². The molecule has 0 fully saturated rings. The van der Waals surface area contributed by atoms with Gasteiger partial charge in [-0.15, -0.1) is 0 Å². The monoisotopic (exact) mass is 625 g/mol. The molecule has 11 aromatic rings. The lowest BCUT2D eigenvalue weighted by Gasteiger charge is -2.18. The fourth-order valence-corrected chi connectivity index (χ4v) is 8.18. The molecule has 0 amide bonds. The SMILES string of the molecule is [2H]c1c([2H])c([2H])c(-c2ccc(-c3ccc4ccc5c(-c6cc7ccccc7c7ccccc67)ccc6ccc3c4c65)c3c2oc2ccccc23)c([2H])c1[2H]. The first-order chi connectivity index (χ1) is 26.4. The van der Waals surface area contributed by atoms with Crippen LogP contribution in [0, 0.1) is 0 Å². The maximum Gasteiger partial charge on any atom is 0.143 e. The van der Waals surface area contributed by atoms with Crippen LogP contribution in [0.15, 0.2) is 174 Å². The molecule has 0 spiro atoms. The Morgan fingerprint density at radius 2 is 0.939 bits per heavy atom. The van der Waals surface area contributed by atoms with E-state index in [0.29, 0.717) is 16.7 Å². The summed E-state index contributed by atoms with van der Waals surface area (Å²) in [5, 5.41) is 13.7. The van der Waals surface area contributed by atoms with Gasteiger partial charge in [0.15, 0.2) is 0 Å². The third kappa shape index (κ3) is 3.76. The van der Waals surface area contributed by atoms with Crippen molar-refractivity contribution in [1.82, 2.24) is 0 Å². The maximum atomic E-state index is 8.78. The molecule has 0 aliphatic carbocycles. The van der Waals surface area contributed by atoms with E-state index in [2.05, 4.69) is 103 Å². The van der Waals surface area contributed by atoms with Gasteiger partial charge in [-0.1, -0.05) is 152 Å². The Bertz CT molecular complexity index is 3370. The number of furan rings is 1. The third-order valence-corrected chi connectivity index (χ3v) is 10.3. The van der Waals surface area contributed by atoms with Crippen molar-refractivity contribution in [2.45, 2.75) is 0 Å². The van der Waals surface area contributed by atoms with Crippen molar-refractivity contribution in [3.63, 3.8) is 0 Å². The lowest BCUT2D eigenvalue weighted by Crippen LogP contribution is -1.91. The van der Waals surface area contributed by atoms with Gasteiger partial charge in [0.2, 0.25) is 0 Å². The molecule has 226 valence electrons. The molecule has 10 aromatic carbocycles. The van der Waals surface area contributed by atoms with Crippen LogP contribution in [0.4, 0.5) is 0 Å². The molecule has 0 aliphatic rings. The van der Waals surface area contributed by atoms with Crippen LogP contribution < -0.4 is 0 Å². The molecule has 0 unspecified atom stereocenters. The van der Waals surface area contributed by atoms with Crippen molar-refractivity contribution in [3.05, 3.63) is 170 Å². The Morgan fingerprint density at radius 3 is 1.69 bits per heavy atom. The van der Waals surface area contributed by atoms with Crippen molar-refractivity contribution >= 4 is 75.8 Å². The van der Waals surface area contributed by atoms with E-state index >= 15 is 0 Å². The van der Waals surface area contributed by atoms with Crippen molar-refractivity contribution in [1.29, 1.82) is 0 Å². The molecule has 0 radical (unpaired) electrons. The van der Waals surface area contributed by atoms with Crippen LogP contribution in [0.1, 0.15) is 6.85 Å². The number of hydrogen-bond acceptors (Lipinski definition) is 1. The quantitative estimate of drug-likeness (QED) is 0.178. The molecule has 0 bridgehead atoms. The fraction of sp³-hybridized carbons (Fsp3) is 0. The van der Waals surface area contributed by atoms with Gasteiger partial charge in [0, 0.05) is 16.3 Å². The number of fused-ring (bicyclic) bond motifs is 6.